The fraction of sp³-hybridized carbons (Fsp3) is 0.286. The number of carbonyl (C=O) groups is 2. The minimum Gasteiger partial charge on any atom is -0.481 e. The molecule has 0 spiro atoms. The van der Waals surface area contributed by atoms with Crippen LogP contribution in [0.25, 0.3) is 0 Å². The van der Waals surface area contributed by atoms with E-state index < -0.39 is 12.2 Å². The smallest absolute Gasteiger partial charge is 0.261 e. The third-order valence-corrected chi connectivity index (χ3v) is 5.29. The van der Waals surface area contributed by atoms with Crippen LogP contribution < -0.4 is 20.1 Å². The normalized spacial score (nSPS) is 12.3. The molecule has 0 aliphatic rings. The maximum atomic E-state index is 12.6. The molecular formula is C28H32N2O4. The lowest BCUT2D eigenvalue weighted by Crippen LogP contribution is -2.38. The molecule has 0 saturated carbocycles. The van der Waals surface area contributed by atoms with E-state index in [0.717, 1.165) is 11.1 Å². The molecule has 2 atom stereocenters. The van der Waals surface area contributed by atoms with E-state index in [2.05, 4.69) is 10.6 Å². The van der Waals surface area contributed by atoms with E-state index >= 15 is 0 Å². The monoisotopic (exact) mass is 460 g/mol. The van der Waals surface area contributed by atoms with E-state index in [1.807, 2.05) is 98.8 Å². The molecule has 0 radical (unpaired) electrons. The van der Waals surface area contributed by atoms with Gasteiger partial charge in [0, 0.05) is 13.1 Å². The Hall–Kier alpha value is -3.80. The Morgan fingerprint density at radius 1 is 0.647 bits per heavy atom. The van der Waals surface area contributed by atoms with Crippen molar-refractivity contribution in [1.29, 1.82) is 0 Å². The zero-order valence-corrected chi connectivity index (χ0v) is 19.7. The Labute approximate surface area is 201 Å². The van der Waals surface area contributed by atoms with Gasteiger partial charge < -0.3 is 20.1 Å². The molecule has 0 bridgehead atoms. The molecule has 0 fully saturated rings. The van der Waals surface area contributed by atoms with Gasteiger partial charge in [0.25, 0.3) is 11.8 Å². The summed E-state index contributed by atoms with van der Waals surface area (Å²) in [6, 6.07) is 26.4. The molecule has 2 amide bonds. The highest BCUT2D eigenvalue weighted by atomic mass is 16.5. The molecule has 0 aromatic heterocycles. The van der Waals surface area contributed by atoms with Gasteiger partial charge in [-0.1, -0.05) is 74.5 Å². The van der Waals surface area contributed by atoms with E-state index in [1.165, 1.54) is 0 Å². The first-order chi connectivity index (χ1) is 16.6. The Morgan fingerprint density at radius 2 is 1.06 bits per heavy atom. The minimum absolute atomic E-state index is 0.158. The third-order valence-electron chi connectivity index (χ3n) is 5.29. The lowest BCUT2D eigenvalue weighted by Gasteiger charge is -2.18. The van der Waals surface area contributed by atoms with Crippen LogP contribution in [-0.2, 0) is 22.7 Å². The maximum Gasteiger partial charge on any atom is 0.261 e. The first kappa shape index (κ1) is 24.8. The second-order valence-corrected chi connectivity index (χ2v) is 7.91. The van der Waals surface area contributed by atoms with Gasteiger partial charge in [-0.05, 0) is 48.2 Å². The van der Waals surface area contributed by atoms with Gasteiger partial charge in [-0.25, -0.2) is 0 Å². The molecule has 0 saturated heterocycles. The topological polar surface area (TPSA) is 76.7 Å². The van der Waals surface area contributed by atoms with Crippen LogP contribution in [0.5, 0.6) is 11.5 Å². The molecule has 0 aliphatic heterocycles. The maximum absolute atomic E-state index is 12.6. The first-order valence-corrected chi connectivity index (χ1v) is 11.7. The van der Waals surface area contributed by atoms with E-state index in [4.69, 9.17) is 9.47 Å². The first-order valence-electron chi connectivity index (χ1n) is 11.7. The van der Waals surface area contributed by atoms with Crippen LogP contribution in [0.4, 0.5) is 0 Å². The largest absolute Gasteiger partial charge is 0.481 e. The summed E-state index contributed by atoms with van der Waals surface area (Å²) < 4.78 is 11.6. The highest BCUT2D eigenvalue weighted by Crippen LogP contribution is 2.14. The lowest BCUT2D eigenvalue weighted by atomic mass is 10.1. The van der Waals surface area contributed by atoms with Crippen LogP contribution in [0.2, 0.25) is 0 Å². The molecule has 6 nitrogen and oxygen atoms in total. The Bertz CT molecular complexity index is 960. The average Bonchev–Trinajstić information content (AvgIpc) is 2.89. The molecule has 0 unspecified atom stereocenters. The number of rotatable bonds is 12. The summed E-state index contributed by atoms with van der Waals surface area (Å²) in [7, 11) is 0. The molecule has 3 aromatic carbocycles. The van der Waals surface area contributed by atoms with Crippen molar-refractivity contribution in [1.82, 2.24) is 10.6 Å². The van der Waals surface area contributed by atoms with Gasteiger partial charge in [0.1, 0.15) is 11.5 Å². The van der Waals surface area contributed by atoms with Crippen LogP contribution in [0.3, 0.4) is 0 Å². The molecular weight excluding hydrogens is 428 g/mol. The van der Waals surface area contributed by atoms with Gasteiger partial charge in [-0.15, -0.1) is 0 Å². The van der Waals surface area contributed by atoms with Gasteiger partial charge >= 0.3 is 0 Å². The predicted octanol–water partition coefficient (Wildman–Crippen LogP) is 4.63. The number of hydrogen-bond acceptors (Lipinski definition) is 4. The summed E-state index contributed by atoms with van der Waals surface area (Å²) in [5.41, 5.74) is 1.89. The molecule has 34 heavy (non-hydrogen) atoms. The number of benzene rings is 3. The summed E-state index contributed by atoms with van der Waals surface area (Å²) in [6.45, 7) is 4.59. The quantitative estimate of drug-likeness (QED) is 0.413. The second-order valence-electron chi connectivity index (χ2n) is 7.91. The Kier molecular flexibility index (Phi) is 9.52. The number of para-hydroxylation sites is 2. The van der Waals surface area contributed by atoms with Crippen LogP contribution in [0.1, 0.15) is 37.8 Å². The SMILES string of the molecule is CC[C@@H](Oc1ccccc1)C(=O)NCc1cccc(CNC(=O)[C@@H](CC)Oc2ccccc2)c1. The molecule has 0 aliphatic carbocycles. The number of hydrogen-bond donors (Lipinski definition) is 2. The molecule has 3 aromatic rings. The fourth-order valence-electron chi connectivity index (χ4n) is 3.43. The molecule has 3 rings (SSSR count). The van der Waals surface area contributed by atoms with Crippen molar-refractivity contribution in [2.75, 3.05) is 0 Å². The zero-order valence-electron chi connectivity index (χ0n) is 19.7. The lowest BCUT2D eigenvalue weighted by molar-refractivity contribution is -0.128. The predicted molar refractivity (Wildman–Crippen MR) is 132 cm³/mol. The Morgan fingerprint density at radius 3 is 1.44 bits per heavy atom. The van der Waals surface area contributed by atoms with Crippen molar-refractivity contribution in [3.63, 3.8) is 0 Å². The molecule has 6 heteroatoms. The Balaban J connectivity index is 1.50. The molecule has 2 N–H and O–H groups in total. The van der Waals surface area contributed by atoms with E-state index in [1.54, 1.807) is 0 Å². The molecule has 178 valence electrons. The fourth-order valence-corrected chi connectivity index (χ4v) is 3.43. The summed E-state index contributed by atoms with van der Waals surface area (Å²) in [4.78, 5) is 25.2. The highest BCUT2D eigenvalue weighted by molar-refractivity contribution is 5.81. The van der Waals surface area contributed by atoms with E-state index in [9.17, 15) is 9.59 Å². The summed E-state index contributed by atoms with van der Waals surface area (Å²) in [5, 5.41) is 5.89. The molecule has 0 heterocycles. The van der Waals surface area contributed by atoms with E-state index in [-0.39, 0.29) is 11.8 Å². The number of nitrogens with one attached hydrogen (secondary N) is 2. The number of carbonyl (C=O) groups excluding carboxylic acids is 2. The van der Waals surface area contributed by atoms with Gasteiger partial charge in [-0.2, -0.15) is 0 Å². The third kappa shape index (κ3) is 7.66. The minimum atomic E-state index is -0.555. The summed E-state index contributed by atoms with van der Waals surface area (Å²) >= 11 is 0. The van der Waals surface area contributed by atoms with Crippen molar-refractivity contribution >= 4 is 11.8 Å². The van der Waals surface area contributed by atoms with Crippen LogP contribution in [0.15, 0.2) is 84.9 Å². The van der Waals surface area contributed by atoms with Gasteiger partial charge in [-0.3, -0.25) is 9.59 Å². The van der Waals surface area contributed by atoms with Gasteiger partial charge in [0.05, 0.1) is 0 Å². The van der Waals surface area contributed by atoms with Crippen molar-refractivity contribution in [3.05, 3.63) is 96.1 Å². The van der Waals surface area contributed by atoms with Crippen LogP contribution in [0, 0.1) is 0 Å². The van der Waals surface area contributed by atoms with Crippen LogP contribution in [-0.4, -0.2) is 24.0 Å². The number of amides is 2. The second kappa shape index (κ2) is 13.0. The van der Waals surface area contributed by atoms with Crippen molar-refractivity contribution < 1.29 is 19.1 Å². The summed E-state index contributed by atoms with van der Waals surface area (Å²) in [5.74, 6) is 1.02. The van der Waals surface area contributed by atoms with Crippen molar-refractivity contribution in [2.24, 2.45) is 0 Å². The van der Waals surface area contributed by atoms with E-state index in [0.29, 0.717) is 37.4 Å². The van der Waals surface area contributed by atoms with Gasteiger partial charge in [0.2, 0.25) is 0 Å². The van der Waals surface area contributed by atoms with Crippen LogP contribution >= 0.6 is 0 Å². The van der Waals surface area contributed by atoms with Gasteiger partial charge in [0.15, 0.2) is 12.2 Å². The highest BCUT2D eigenvalue weighted by Gasteiger charge is 2.19. The number of ether oxygens (including phenoxy) is 2. The van der Waals surface area contributed by atoms with Crippen molar-refractivity contribution in [2.45, 2.75) is 52.0 Å². The average molecular weight is 461 g/mol. The summed E-state index contributed by atoms with van der Waals surface area (Å²) in [6.07, 6.45) is 0.0216. The van der Waals surface area contributed by atoms with Crippen molar-refractivity contribution in [3.8, 4) is 11.5 Å². The standard InChI is InChI=1S/C28H32N2O4/c1-3-25(33-23-14-7-5-8-15-23)27(31)29-19-21-12-11-13-22(18-21)20-30-28(32)26(4-2)34-24-16-9-6-10-17-24/h5-18,25-26H,3-4,19-20H2,1-2H3,(H,29,31)(H,30,32)/t25-,26-/m1/s1. The zero-order chi connectivity index (χ0) is 24.2.